The van der Waals surface area contributed by atoms with Gasteiger partial charge in [-0.3, -0.25) is 4.79 Å². The van der Waals surface area contributed by atoms with Crippen LogP contribution in [0.2, 0.25) is 0 Å². The molecule has 18 heavy (non-hydrogen) atoms. The Labute approximate surface area is 107 Å². The summed E-state index contributed by atoms with van der Waals surface area (Å²) in [7, 11) is 1.65. The molecule has 0 aromatic rings. The maximum Gasteiger partial charge on any atom is 0.329 e. The molecule has 0 aromatic carbocycles. The summed E-state index contributed by atoms with van der Waals surface area (Å²) in [6.07, 6.45) is 4.40. The molecule has 0 bridgehead atoms. The number of hydrogen-bond donors (Lipinski definition) is 1. The number of hydrogen-bond acceptors (Lipinski definition) is 3. The van der Waals surface area contributed by atoms with Crippen LogP contribution >= 0.6 is 0 Å². The van der Waals surface area contributed by atoms with Crippen LogP contribution in [-0.2, 0) is 14.3 Å². The predicted molar refractivity (Wildman–Crippen MR) is 65.2 cm³/mol. The van der Waals surface area contributed by atoms with Crippen molar-refractivity contribution in [1.29, 1.82) is 0 Å². The van der Waals surface area contributed by atoms with Crippen LogP contribution in [0.15, 0.2) is 0 Å². The van der Waals surface area contributed by atoms with Gasteiger partial charge in [0.2, 0.25) is 5.91 Å². The zero-order valence-corrected chi connectivity index (χ0v) is 11.0. The lowest BCUT2D eigenvalue weighted by molar-refractivity contribution is -0.164. The molecule has 0 unspecified atom stereocenters. The highest BCUT2D eigenvalue weighted by molar-refractivity contribution is 5.86. The molecule has 5 heteroatoms. The van der Waals surface area contributed by atoms with E-state index in [1.165, 1.54) is 6.92 Å². The third-order valence-electron chi connectivity index (χ3n) is 4.20. The standard InChI is InChI=1S/C13H21NO4/c1-9(15)14(10-3-4-10)13(12(16)17)7-5-11(18-2)6-8-13/h10-11H,3-8H2,1-2H3,(H,16,17). The third kappa shape index (κ3) is 2.23. The molecule has 5 nitrogen and oxygen atoms in total. The van der Waals surface area contributed by atoms with E-state index < -0.39 is 11.5 Å². The van der Waals surface area contributed by atoms with E-state index >= 15 is 0 Å². The highest BCUT2D eigenvalue weighted by Gasteiger charge is 2.52. The maximum absolute atomic E-state index is 11.8. The summed E-state index contributed by atoms with van der Waals surface area (Å²) in [4.78, 5) is 25.2. The number of aliphatic carboxylic acids is 1. The zero-order chi connectivity index (χ0) is 13.3. The summed E-state index contributed by atoms with van der Waals surface area (Å²) in [6, 6.07) is 0.137. The molecule has 0 aromatic heterocycles. The number of ether oxygens (including phenoxy) is 1. The fourth-order valence-corrected chi connectivity index (χ4v) is 3.10. The summed E-state index contributed by atoms with van der Waals surface area (Å²) in [5, 5.41) is 9.61. The van der Waals surface area contributed by atoms with Crippen LogP contribution in [0.5, 0.6) is 0 Å². The average molecular weight is 255 g/mol. The van der Waals surface area contributed by atoms with Crippen molar-refractivity contribution in [3.8, 4) is 0 Å². The number of carbonyl (C=O) groups is 2. The van der Waals surface area contributed by atoms with Gasteiger partial charge in [-0.1, -0.05) is 0 Å². The number of amides is 1. The van der Waals surface area contributed by atoms with E-state index in [1.807, 2.05) is 0 Å². The minimum absolute atomic E-state index is 0.115. The fourth-order valence-electron chi connectivity index (χ4n) is 3.10. The van der Waals surface area contributed by atoms with E-state index in [0.717, 1.165) is 12.8 Å². The van der Waals surface area contributed by atoms with Crippen molar-refractivity contribution in [3.05, 3.63) is 0 Å². The summed E-state index contributed by atoms with van der Waals surface area (Å²) in [6.45, 7) is 1.48. The van der Waals surface area contributed by atoms with Crippen molar-refractivity contribution in [2.45, 2.75) is 63.1 Å². The normalized spacial score (nSPS) is 32.0. The van der Waals surface area contributed by atoms with E-state index in [4.69, 9.17) is 4.74 Å². The molecular formula is C13H21NO4. The van der Waals surface area contributed by atoms with Gasteiger partial charge in [0.15, 0.2) is 0 Å². The van der Waals surface area contributed by atoms with Gasteiger partial charge < -0.3 is 14.7 Å². The Balaban J connectivity index is 2.21. The van der Waals surface area contributed by atoms with E-state index in [-0.39, 0.29) is 18.1 Å². The molecule has 2 rings (SSSR count). The summed E-state index contributed by atoms with van der Waals surface area (Å²) in [5.41, 5.74) is -0.998. The molecule has 2 aliphatic rings. The van der Waals surface area contributed by atoms with Gasteiger partial charge in [0.1, 0.15) is 5.54 Å². The van der Waals surface area contributed by atoms with Crippen molar-refractivity contribution in [3.63, 3.8) is 0 Å². The van der Waals surface area contributed by atoms with Gasteiger partial charge in [-0.15, -0.1) is 0 Å². The SMILES string of the molecule is COC1CCC(C(=O)O)(N(C(C)=O)C2CC2)CC1. The summed E-state index contributed by atoms with van der Waals surface area (Å²) < 4.78 is 5.28. The van der Waals surface area contributed by atoms with Crippen LogP contribution < -0.4 is 0 Å². The maximum atomic E-state index is 11.8. The lowest BCUT2D eigenvalue weighted by atomic mass is 9.78. The minimum atomic E-state index is -0.998. The molecule has 102 valence electrons. The van der Waals surface area contributed by atoms with Gasteiger partial charge in [0.05, 0.1) is 6.10 Å². The van der Waals surface area contributed by atoms with E-state index in [0.29, 0.717) is 25.7 Å². The van der Waals surface area contributed by atoms with Crippen LogP contribution in [0.1, 0.15) is 45.4 Å². The molecule has 2 saturated carbocycles. The Kier molecular flexibility index (Phi) is 3.61. The van der Waals surface area contributed by atoms with Crippen molar-refractivity contribution >= 4 is 11.9 Å². The zero-order valence-electron chi connectivity index (χ0n) is 11.0. The first-order valence-electron chi connectivity index (χ1n) is 6.57. The Hall–Kier alpha value is -1.10. The molecule has 2 aliphatic carbocycles. The molecule has 2 fully saturated rings. The second kappa shape index (κ2) is 4.88. The lowest BCUT2D eigenvalue weighted by Gasteiger charge is -2.44. The molecule has 0 spiro atoms. The average Bonchev–Trinajstić information content (AvgIpc) is 3.13. The van der Waals surface area contributed by atoms with E-state index in [1.54, 1.807) is 12.0 Å². The molecule has 0 saturated heterocycles. The fraction of sp³-hybridized carbons (Fsp3) is 0.846. The van der Waals surface area contributed by atoms with Crippen molar-refractivity contribution in [2.24, 2.45) is 0 Å². The smallest absolute Gasteiger partial charge is 0.329 e. The molecule has 1 amide bonds. The molecular weight excluding hydrogens is 234 g/mol. The van der Waals surface area contributed by atoms with Gasteiger partial charge in [-0.05, 0) is 38.5 Å². The summed E-state index contributed by atoms with van der Waals surface area (Å²) in [5.74, 6) is -0.977. The summed E-state index contributed by atoms with van der Waals surface area (Å²) >= 11 is 0. The van der Waals surface area contributed by atoms with E-state index in [2.05, 4.69) is 0 Å². The second-order valence-corrected chi connectivity index (χ2v) is 5.39. The minimum Gasteiger partial charge on any atom is -0.479 e. The highest BCUT2D eigenvalue weighted by atomic mass is 16.5. The Bertz CT molecular complexity index is 343. The molecule has 0 heterocycles. The van der Waals surface area contributed by atoms with Gasteiger partial charge in [0.25, 0.3) is 0 Å². The number of nitrogens with zero attached hydrogens (tertiary/aromatic N) is 1. The predicted octanol–water partition coefficient (Wildman–Crippen LogP) is 1.41. The largest absolute Gasteiger partial charge is 0.479 e. The first kappa shape index (κ1) is 13.3. The van der Waals surface area contributed by atoms with Gasteiger partial charge in [-0.2, -0.15) is 0 Å². The Morgan fingerprint density at radius 1 is 1.22 bits per heavy atom. The first-order chi connectivity index (χ1) is 8.51. The van der Waals surface area contributed by atoms with Crippen LogP contribution in [0.25, 0.3) is 0 Å². The molecule has 0 radical (unpaired) electrons. The van der Waals surface area contributed by atoms with Crippen molar-refractivity contribution in [2.75, 3.05) is 7.11 Å². The molecule has 1 N–H and O–H groups in total. The first-order valence-corrected chi connectivity index (χ1v) is 6.57. The van der Waals surface area contributed by atoms with Crippen LogP contribution in [0.4, 0.5) is 0 Å². The number of carboxylic acids is 1. The molecule has 0 aliphatic heterocycles. The lowest BCUT2D eigenvalue weighted by Crippen LogP contribution is -2.59. The van der Waals surface area contributed by atoms with E-state index in [9.17, 15) is 14.7 Å². The van der Waals surface area contributed by atoms with Gasteiger partial charge in [0, 0.05) is 20.1 Å². The topological polar surface area (TPSA) is 66.8 Å². The van der Waals surface area contributed by atoms with Gasteiger partial charge in [-0.25, -0.2) is 4.79 Å². The third-order valence-corrected chi connectivity index (χ3v) is 4.20. The van der Waals surface area contributed by atoms with Crippen LogP contribution in [-0.4, -0.2) is 46.7 Å². The molecule has 0 atom stereocenters. The Morgan fingerprint density at radius 2 is 1.78 bits per heavy atom. The highest BCUT2D eigenvalue weighted by Crippen LogP contribution is 2.41. The van der Waals surface area contributed by atoms with Gasteiger partial charge >= 0.3 is 5.97 Å². The van der Waals surface area contributed by atoms with Crippen molar-refractivity contribution in [1.82, 2.24) is 4.90 Å². The number of carboxylic acid groups (broad SMARTS) is 1. The number of methoxy groups -OCH3 is 1. The second-order valence-electron chi connectivity index (χ2n) is 5.39. The quantitative estimate of drug-likeness (QED) is 0.824. The Morgan fingerprint density at radius 3 is 2.11 bits per heavy atom. The van der Waals surface area contributed by atoms with Crippen LogP contribution in [0, 0.1) is 0 Å². The number of carbonyl (C=O) groups excluding carboxylic acids is 1. The monoisotopic (exact) mass is 255 g/mol. The van der Waals surface area contributed by atoms with Crippen molar-refractivity contribution < 1.29 is 19.4 Å². The number of rotatable bonds is 4. The van der Waals surface area contributed by atoms with Crippen LogP contribution in [0.3, 0.4) is 0 Å².